The van der Waals surface area contributed by atoms with E-state index in [4.69, 9.17) is 9.47 Å². The van der Waals surface area contributed by atoms with Crippen LogP contribution in [0.1, 0.15) is 75.3 Å². The van der Waals surface area contributed by atoms with Crippen molar-refractivity contribution in [1.82, 2.24) is 31.0 Å². The number of hydrogen-bond donors (Lipinski definition) is 4. The molecule has 2 aromatic heterocycles. The van der Waals surface area contributed by atoms with E-state index in [2.05, 4.69) is 31.0 Å². The summed E-state index contributed by atoms with van der Waals surface area (Å²) in [6.07, 6.45) is 4.93. The minimum atomic E-state index is -0.567. The molecule has 0 saturated heterocycles. The van der Waals surface area contributed by atoms with E-state index in [9.17, 15) is 28.0 Å². The fraction of sp³-hybridized carbons (Fsp3) is 0.302. The Morgan fingerprint density at radius 3 is 1.53 bits per heavy atom. The third-order valence-electron chi connectivity index (χ3n) is 10.7. The molecule has 294 valence electrons. The number of hydrogen-bond acceptors (Lipinski definition) is 8. The monoisotopic (exact) mass is 776 g/mol. The zero-order valence-electron chi connectivity index (χ0n) is 31.4. The first-order valence-corrected chi connectivity index (χ1v) is 18.8. The van der Waals surface area contributed by atoms with Crippen molar-refractivity contribution in [3.63, 3.8) is 0 Å². The van der Waals surface area contributed by atoms with Gasteiger partial charge < -0.3 is 20.1 Å². The lowest BCUT2D eigenvalue weighted by molar-refractivity contribution is 0.0175. The van der Waals surface area contributed by atoms with Crippen LogP contribution in [0.4, 0.5) is 8.78 Å². The number of methoxy groups -OCH3 is 2. The average molecular weight is 777 g/mol. The molecule has 0 radical (unpaired) electrons. The number of nitrogens with one attached hydrogen (secondary N) is 4. The predicted octanol–water partition coefficient (Wildman–Crippen LogP) is 5.51. The van der Waals surface area contributed by atoms with E-state index >= 15 is 0 Å². The number of H-pyrrole nitrogens is 2. The van der Waals surface area contributed by atoms with Gasteiger partial charge in [-0.3, -0.25) is 19.2 Å². The fourth-order valence-corrected chi connectivity index (χ4v) is 7.40. The molecule has 4 N–H and O–H groups in total. The molecule has 2 aliphatic rings. The Bertz CT molecular complexity index is 2550. The molecule has 0 bridgehead atoms. The molecule has 14 heteroatoms. The summed E-state index contributed by atoms with van der Waals surface area (Å²) >= 11 is 0. The first-order chi connectivity index (χ1) is 27.6. The molecule has 0 aliphatic heterocycles. The van der Waals surface area contributed by atoms with E-state index in [-0.39, 0.29) is 46.5 Å². The average Bonchev–Trinajstić information content (AvgIpc) is 3.67. The van der Waals surface area contributed by atoms with Crippen LogP contribution in [-0.2, 0) is 22.3 Å². The van der Waals surface area contributed by atoms with Gasteiger partial charge in [0.15, 0.2) is 0 Å². The van der Waals surface area contributed by atoms with Gasteiger partial charge in [-0.2, -0.15) is 10.2 Å². The maximum Gasteiger partial charge on any atom is 0.272 e. The molecule has 0 spiro atoms. The highest BCUT2D eigenvalue weighted by molar-refractivity contribution is 5.95. The maximum absolute atomic E-state index is 14.3. The third kappa shape index (κ3) is 8.97. The Balaban J connectivity index is 0.000000174. The van der Waals surface area contributed by atoms with E-state index in [1.165, 1.54) is 12.1 Å². The number of carbonyl (C=O) groups is 2. The molecule has 2 saturated carbocycles. The second-order valence-corrected chi connectivity index (χ2v) is 14.4. The molecular weight excluding hydrogens is 735 g/mol. The number of nitrogens with zero attached hydrogens (tertiary/aromatic N) is 2. The molecule has 12 nitrogen and oxygen atoms in total. The van der Waals surface area contributed by atoms with Crippen LogP contribution >= 0.6 is 0 Å². The van der Waals surface area contributed by atoms with E-state index in [1.807, 2.05) is 24.3 Å². The Morgan fingerprint density at radius 2 is 1.07 bits per heavy atom. The van der Waals surface area contributed by atoms with Gasteiger partial charge in [-0.05, 0) is 79.6 Å². The van der Waals surface area contributed by atoms with Crippen LogP contribution < -0.4 is 21.8 Å². The highest BCUT2D eigenvalue weighted by atomic mass is 19.1. The van der Waals surface area contributed by atoms with E-state index in [0.29, 0.717) is 35.0 Å². The van der Waals surface area contributed by atoms with Crippen molar-refractivity contribution in [1.29, 1.82) is 0 Å². The zero-order chi connectivity index (χ0) is 40.1. The molecule has 2 aliphatic carbocycles. The lowest BCUT2D eigenvalue weighted by atomic mass is 9.89. The lowest BCUT2D eigenvalue weighted by Crippen LogP contribution is -2.47. The van der Waals surface area contributed by atoms with Crippen LogP contribution in [0, 0.1) is 11.6 Å². The number of amides is 2. The van der Waals surface area contributed by atoms with Gasteiger partial charge in [0.2, 0.25) is 0 Å². The second-order valence-electron chi connectivity index (χ2n) is 14.4. The Morgan fingerprint density at radius 1 is 0.632 bits per heavy atom. The number of aromatic amines is 2. The van der Waals surface area contributed by atoms with Gasteiger partial charge in [0.05, 0.1) is 45.5 Å². The van der Waals surface area contributed by atoms with Crippen molar-refractivity contribution < 1.29 is 27.8 Å². The molecule has 4 aromatic carbocycles. The summed E-state index contributed by atoms with van der Waals surface area (Å²) in [5.74, 6) is -1.99. The summed E-state index contributed by atoms with van der Waals surface area (Å²) in [6.45, 7) is 0. The highest BCUT2D eigenvalue weighted by Crippen LogP contribution is 2.25. The first-order valence-electron chi connectivity index (χ1n) is 18.8. The van der Waals surface area contributed by atoms with Crippen LogP contribution in [0.2, 0.25) is 0 Å². The number of rotatable bonds is 10. The number of halogens is 2. The number of fused-ring (bicyclic) bond motifs is 2. The SMILES string of the molecule is COC1CC(NC(=O)c2cc(Cc3n[nH]c(=O)c4ccccc34)ccc2F)C1.COC1CCC(NC(=O)c2cc(Cc3n[nH]c(=O)c4ccccc34)ccc2F)C1. The summed E-state index contributed by atoms with van der Waals surface area (Å²) in [4.78, 5) is 49.0. The zero-order valence-corrected chi connectivity index (χ0v) is 31.4. The lowest BCUT2D eigenvalue weighted by Gasteiger charge is -2.34. The molecule has 6 aromatic rings. The number of aromatic nitrogens is 4. The number of benzene rings is 4. The minimum absolute atomic E-state index is 0.00492. The van der Waals surface area contributed by atoms with Crippen LogP contribution in [-0.4, -0.2) is 70.7 Å². The predicted molar refractivity (Wildman–Crippen MR) is 210 cm³/mol. The van der Waals surface area contributed by atoms with Crippen molar-refractivity contribution in [2.45, 2.75) is 69.2 Å². The standard InChI is InChI=1S/C22H22FN3O3.C21H20FN3O3/c1-29-15-8-7-14(12-15)24-21(27)18-10-13(6-9-19(18)23)11-20-16-4-2-3-5-17(16)22(28)26-25-20;1-28-14-10-13(11-14)23-20(26)17-8-12(6-7-18(17)22)9-19-15-4-2-3-5-16(15)21(27)25-24-19/h2-6,9-10,14-15H,7-8,11-12H2,1H3,(H,24,27)(H,26,28);2-8,13-14H,9-11H2,1H3,(H,23,26)(H,25,27). The van der Waals surface area contributed by atoms with E-state index < -0.39 is 23.4 Å². The molecular formula is C43H42F2N6O6. The quantitative estimate of drug-likeness (QED) is 0.141. The van der Waals surface area contributed by atoms with Gasteiger partial charge in [-0.25, -0.2) is 19.0 Å². The van der Waals surface area contributed by atoms with Crippen molar-refractivity contribution in [3.05, 3.63) is 151 Å². The van der Waals surface area contributed by atoms with Crippen LogP contribution in [0.15, 0.2) is 94.5 Å². The van der Waals surface area contributed by atoms with Gasteiger partial charge in [-0.1, -0.05) is 48.5 Å². The van der Waals surface area contributed by atoms with Gasteiger partial charge >= 0.3 is 0 Å². The molecule has 2 unspecified atom stereocenters. The normalized spacial score (nSPS) is 18.7. The van der Waals surface area contributed by atoms with E-state index in [0.717, 1.165) is 54.0 Å². The van der Waals surface area contributed by atoms with Crippen LogP contribution in [0.25, 0.3) is 21.5 Å². The molecule has 2 atom stereocenters. The van der Waals surface area contributed by atoms with Crippen LogP contribution in [0.5, 0.6) is 0 Å². The first kappa shape index (κ1) is 39.1. The fourth-order valence-electron chi connectivity index (χ4n) is 7.40. The molecule has 2 heterocycles. The van der Waals surface area contributed by atoms with Crippen molar-refractivity contribution in [2.24, 2.45) is 0 Å². The second kappa shape index (κ2) is 17.3. The summed E-state index contributed by atoms with van der Waals surface area (Å²) in [6, 6.07) is 23.3. The minimum Gasteiger partial charge on any atom is -0.381 e. The Labute approximate surface area is 326 Å². The third-order valence-corrected chi connectivity index (χ3v) is 10.7. The van der Waals surface area contributed by atoms with Crippen molar-refractivity contribution in [3.8, 4) is 0 Å². The topological polar surface area (TPSA) is 168 Å². The summed E-state index contributed by atoms with van der Waals surface area (Å²) in [5.41, 5.74) is 2.31. The summed E-state index contributed by atoms with van der Waals surface area (Å²) in [7, 11) is 3.30. The Hall–Kier alpha value is -6.12. The van der Waals surface area contributed by atoms with Gasteiger partial charge in [0.25, 0.3) is 22.9 Å². The van der Waals surface area contributed by atoms with Crippen LogP contribution in [0.3, 0.4) is 0 Å². The maximum atomic E-state index is 14.3. The molecule has 2 fully saturated rings. The van der Waals surface area contributed by atoms with Gasteiger partial charge in [0, 0.05) is 49.9 Å². The molecule has 8 rings (SSSR count). The summed E-state index contributed by atoms with van der Waals surface area (Å²) in [5, 5.41) is 21.6. The summed E-state index contributed by atoms with van der Waals surface area (Å²) < 4.78 is 39.1. The number of ether oxygens (including phenoxy) is 2. The van der Waals surface area contributed by atoms with Crippen molar-refractivity contribution >= 4 is 33.4 Å². The smallest absolute Gasteiger partial charge is 0.272 e. The molecule has 2 amide bonds. The largest absolute Gasteiger partial charge is 0.381 e. The van der Waals surface area contributed by atoms with Crippen molar-refractivity contribution in [2.75, 3.05) is 14.2 Å². The van der Waals surface area contributed by atoms with Gasteiger partial charge in [-0.15, -0.1) is 0 Å². The molecule has 57 heavy (non-hydrogen) atoms. The van der Waals surface area contributed by atoms with E-state index in [1.54, 1.807) is 62.8 Å². The Kier molecular flexibility index (Phi) is 11.9. The van der Waals surface area contributed by atoms with Gasteiger partial charge in [0.1, 0.15) is 11.6 Å². The number of carbonyl (C=O) groups excluding carboxylic acids is 2. The highest BCUT2D eigenvalue weighted by Gasteiger charge is 2.31.